The molecule has 2 rings (SSSR count). The molecule has 0 aliphatic rings. The van der Waals surface area contributed by atoms with Gasteiger partial charge < -0.3 is 0 Å². The summed E-state index contributed by atoms with van der Waals surface area (Å²) in [6.07, 6.45) is 3.35. The lowest BCUT2D eigenvalue weighted by Crippen LogP contribution is -1.88. The summed E-state index contributed by atoms with van der Waals surface area (Å²) in [6.45, 7) is 0. The molecule has 1 heterocycles. The zero-order valence-corrected chi connectivity index (χ0v) is 11.8. The molecule has 1 nitrogen and oxygen atoms in total. The highest BCUT2D eigenvalue weighted by atomic mass is 79.9. The van der Waals surface area contributed by atoms with Crippen LogP contribution in [0.15, 0.2) is 46.3 Å². The first-order valence-corrected chi connectivity index (χ1v) is 6.87. The van der Waals surface area contributed by atoms with Gasteiger partial charge in [0.15, 0.2) is 5.78 Å². The highest BCUT2D eigenvalue weighted by Crippen LogP contribution is 2.22. The Morgan fingerprint density at radius 2 is 1.88 bits per heavy atom. The van der Waals surface area contributed by atoms with Crippen molar-refractivity contribution in [2.75, 3.05) is 0 Å². The normalized spacial score (nSPS) is 10.9. The van der Waals surface area contributed by atoms with Crippen molar-refractivity contribution in [1.82, 2.24) is 0 Å². The number of halogens is 2. The Bertz CT molecular complexity index is 557. The maximum absolute atomic E-state index is 11.8. The van der Waals surface area contributed by atoms with E-state index < -0.39 is 0 Å². The van der Waals surface area contributed by atoms with E-state index >= 15 is 0 Å². The van der Waals surface area contributed by atoms with Gasteiger partial charge in [0.2, 0.25) is 0 Å². The number of carbonyl (C=O) groups excluding carboxylic acids is 1. The van der Waals surface area contributed by atoms with Crippen LogP contribution in [0.5, 0.6) is 0 Å². The van der Waals surface area contributed by atoms with Crippen LogP contribution in [0, 0.1) is 0 Å². The minimum Gasteiger partial charge on any atom is -0.288 e. The van der Waals surface area contributed by atoms with E-state index in [0.29, 0.717) is 5.02 Å². The van der Waals surface area contributed by atoms with Gasteiger partial charge in [-0.2, -0.15) is 0 Å². The number of ketones is 1. The fourth-order valence-electron chi connectivity index (χ4n) is 1.27. The van der Waals surface area contributed by atoms with Crippen molar-refractivity contribution >= 4 is 50.7 Å². The summed E-state index contributed by atoms with van der Waals surface area (Å²) < 4.78 is 0.959. The van der Waals surface area contributed by atoms with Gasteiger partial charge in [0, 0.05) is 5.02 Å². The first-order chi connectivity index (χ1) is 8.15. The van der Waals surface area contributed by atoms with E-state index in [-0.39, 0.29) is 5.78 Å². The molecule has 2 aromatic rings. The Kier molecular flexibility index (Phi) is 4.15. The maximum Gasteiger partial charge on any atom is 0.195 e. The molecule has 0 saturated carbocycles. The summed E-state index contributed by atoms with van der Waals surface area (Å²) in [7, 11) is 0. The zero-order valence-electron chi connectivity index (χ0n) is 8.69. The quantitative estimate of drug-likeness (QED) is 0.569. The molecule has 1 aromatic carbocycles. The van der Waals surface area contributed by atoms with Crippen molar-refractivity contribution in [2.24, 2.45) is 0 Å². The molecule has 0 bridgehead atoms. The van der Waals surface area contributed by atoms with Gasteiger partial charge >= 0.3 is 0 Å². The maximum atomic E-state index is 11.8. The Balaban J connectivity index is 2.10. The summed E-state index contributed by atoms with van der Waals surface area (Å²) in [5, 5.41) is 0.690. The number of benzene rings is 1. The van der Waals surface area contributed by atoms with Crippen LogP contribution in [0.2, 0.25) is 5.02 Å². The lowest BCUT2D eigenvalue weighted by Gasteiger charge is -1.93. The molecule has 0 atom stereocenters. The molecule has 1 aromatic heterocycles. The monoisotopic (exact) mass is 326 g/mol. The summed E-state index contributed by atoms with van der Waals surface area (Å²) >= 11 is 10.5. The number of rotatable bonds is 3. The molecule has 0 saturated heterocycles. The minimum atomic E-state index is 0.00986. The number of hydrogen-bond donors (Lipinski definition) is 0. The summed E-state index contributed by atoms with van der Waals surface area (Å²) in [5.41, 5.74) is 0.957. The lowest BCUT2D eigenvalue weighted by molar-refractivity contribution is 0.105. The van der Waals surface area contributed by atoms with Crippen LogP contribution in [0.4, 0.5) is 0 Å². The van der Waals surface area contributed by atoms with Crippen LogP contribution in [0.1, 0.15) is 15.2 Å². The molecular formula is C13H8BrClOS. The summed E-state index contributed by atoms with van der Waals surface area (Å²) in [4.78, 5) is 12.5. The molecule has 86 valence electrons. The predicted molar refractivity (Wildman–Crippen MR) is 76.8 cm³/mol. The fraction of sp³-hybridized carbons (Fsp3) is 0. The van der Waals surface area contributed by atoms with Crippen LogP contribution in [-0.2, 0) is 0 Å². The molecule has 0 spiro atoms. The van der Waals surface area contributed by atoms with Crippen molar-refractivity contribution in [3.05, 3.63) is 61.7 Å². The van der Waals surface area contributed by atoms with Gasteiger partial charge in [-0.25, -0.2) is 0 Å². The molecule has 0 fully saturated rings. The van der Waals surface area contributed by atoms with E-state index in [0.717, 1.165) is 14.2 Å². The largest absolute Gasteiger partial charge is 0.288 e. The van der Waals surface area contributed by atoms with E-state index in [4.69, 9.17) is 11.6 Å². The van der Waals surface area contributed by atoms with Gasteiger partial charge in [-0.3, -0.25) is 4.79 Å². The van der Waals surface area contributed by atoms with Crippen molar-refractivity contribution in [1.29, 1.82) is 0 Å². The molecule has 0 aliphatic heterocycles. The smallest absolute Gasteiger partial charge is 0.195 e. The third kappa shape index (κ3) is 3.53. The van der Waals surface area contributed by atoms with Gasteiger partial charge in [-0.05, 0) is 51.8 Å². The van der Waals surface area contributed by atoms with E-state index in [1.807, 2.05) is 24.3 Å². The van der Waals surface area contributed by atoms with Gasteiger partial charge in [-0.15, -0.1) is 11.3 Å². The second-order valence-corrected chi connectivity index (χ2v) is 6.25. The molecule has 0 radical (unpaired) electrons. The molecule has 0 amide bonds. The van der Waals surface area contributed by atoms with E-state index in [9.17, 15) is 4.79 Å². The second-order valence-electron chi connectivity index (χ2n) is 3.35. The van der Waals surface area contributed by atoms with Gasteiger partial charge in [0.1, 0.15) is 0 Å². The summed E-state index contributed by atoms with van der Waals surface area (Å²) in [6, 6.07) is 11.0. The first-order valence-electron chi connectivity index (χ1n) is 4.88. The van der Waals surface area contributed by atoms with Crippen LogP contribution in [0.25, 0.3) is 6.08 Å². The lowest BCUT2D eigenvalue weighted by atomic mass is 10.2. The van der Waals surface area contributed by atoms with Crippen LogP contribution >= 0.6 is 38.9 Å². The van der Waals surface area contributed by atoms with E-state index in [2.05, 4.69) is 15.9 Å². The summed E-state index contributed by atoms with van der Waals surface area (Å²) in [5.74, 6) is 0.00986. The Hall–Kier alpha value is -0.900. The highest BCUT2D eigenvalue weighted by Gasteiger charge is 2.04. The number of hydrogen-bond acceptors (Lipinski definition) is 2. The van der Waals surface area contributed by atoms with E-state index in [1.165, 1.54) is 11.3 Å². The molecule has 0 aliphatic carbocycles. The van der Waals surface area contributed by atoms with E-state index in [1.54, 1.807) is 24.3 Å². The average molecular weight is 328 g/mol. The molecule has 0 unspecified atom stereocenters. The molecular weight excluding hydrogens is 320 g/mol. The fourth-order valence-corrected chi connectivity index (χ4v) is 2.71. The Labute approximate surface area is 117 Å². The molecule has 17 heavy (non-hydrogen) atoms. The number of carbonyl (C=O) groups is 1. The third-order valence-corrected chi connectivity index (χ3v) is 4.00. The van der Waals surface area contributed by atoms with Crippen LogP contribution in [0.3, 0.4) is 0 Å². The average Bonchev–Trinajstić information content (AvgIpc) is 2.75. The van der Waals surface area contributed by atoms with Gasteiger partial charge in [0.05, 0.1) is 8.66 Å². The molecule has 0 N–H and O–H groups in total. The number of allylic oxidation sites excluding steroid dienone is 1. The van der Waals surface area contributed by atoms with Crippen molar-refractivity contribution in [3.8, 4) is 0 Å². The highest BCUT2D eigenvalue weighted by molar-refractivity contribution is 9.11. The van der Waals surface area contributed by atoms with Crippen LogP contribution < -0.4 is 0 Å². The molecule has 4 heteroatoms. The predicted octanol–water partition coefficient (Wildman–Crippen LogP) is 5.06. The first kappa shape index (κ1) is 12.6. The Morgan fingerprint density at radius 3 is 2.47 bits per heavy atom. The van der Waals surface area contributed by atoms with Gasteiger partial charge in [0.25, 0.3) is 0 Å². The third-order valence-electron chi connectivity index (χ3n) is 2.11. The minimum absolute atomic E-state index is 0.00986. The SMILES string of the molecule is O=C(/C=C/c1ccc(Cl)cc1)c1ccc(Br)s1. The van der Waals surface area contributed by atoms with Crippen molar-refractivity contribution < 1.29 is 4.79 Å². The standard InChI is InChI=1S/C13H8BrClOS/c14-13-8-7-12(17-13)11(16)6-3-9-1-4-10(15)5-2-9/h1-8H/b6-3+. The second kappa shape index (κ2) is 5.63. The van der Waals surface area contributed by atoms with Crippen molar-refractivity contribution in [3.63, 3.8) is 0 Å². The van der Waals surface area contributed by atoms with Crippen LogP contribution in [-0.4, -0.2) is 5.78 Å². The number of thiophene rings is 1. The Morgan fingerprint density at radius 1 is 1.18 bits per heavy atom. The topological polar surface area (TPSA) is 17.1 Å². The zero-order chi connectivity index (χ0) is 12.3. The van der Waals surface area contributed by atoms with Gasteiger partial charge in [-0.1, -0.05) is 29.8 Å². The van der Waals surface area contributed by atoms with Crippen molar-refractivity contribution in [2.45, 2.75) is 0 Å².